The number of benzene rings is 2. The number of ether oxygens (including phenoxy) is 1. The van der Waals surface area contributed by atoms with Crippen molar-refractivity contribution in [3.05, 3.63) is 76.0 Å². The van der Waals surface area contributed by atoms with Crippen LogP contribution in [0.25, 0.3) is 0 Å². The fourth-order valence-electron chi connectivity index (χ4n) is 2.12. The first-order valence-electron chi connectivity index (χ1n) is 7.56. The number of hydrogen-bond donors (Lipinski definition) is 3. The van der Waals surface area contributed by atoms with Crippen LogP contribution in [0, 0.1) is 0 Å². The Hall–Kier alpha value is -3.20. The number of nitrogens with one attached hydrogen (secondary N) is 3. The van der Waals surface area contributed by atoms with E-state index in [-0.39, 0.29) is 5.69 Å². The van der Waals surface area contributed by atoms with Crippen molar-refractivity contribution >= 4 is 27.7 Å². The lowest BCUT2D eigenvalue weighted by Crippen LogP contribution is -2.41. The van der Waals surface area contributed by atoms with Crippen molar-refractivity contribution in [2.45, 2.75) is 6.61 Å². The molecule has 8 nitrogen and oxygen atoms in total. The molecule has 0 aliphatic heterocycles. The van der Waals surface area contributed by atoms with Crippen LogP contribution in [0.15, 0.2) is 59.2 Å². The number of hydrazine groups is 1. The Labute approximate surface area is 157 Å². The molecule has 0 bridgehead atoms. The highest BCUT2D eigenvalue weighted by molar-refractivity contribution is 9.10. The predicted molar refractivity (Wildman–Crippen MR) is 96.2 cm³/mol. The molecular weight excluding hydrogens is 402 g/mol. The SMILES string of the molecule is O=C(NNC(=O)c1ccccc1OCc1cccc(Br)c1)c1cn[nH]n1. The molecule has 0 saturated heterocycles. The van der Waals surface area contributed by atoms with Crippen molar-refractivity contribution < 1.29 is 14.3 Å². The number of halogens is 1. The summed E-state index contributed by atoms with van der Waals surface area (Å²) in [5, 5.41) is 9.47. The van der Waals surface area contributed by atoms with E-state index in [0.29, 0.717) is 17.9 Å². The summed E-state index contributed by atoms with van der Waals surface area (Å²) < 4.78 is 6.70. The highest BCUT2D eigenvalue weighted by atomic mass is 79.9. The quantitative estimate of drug-likeness (QED) is 0.553. The van der Waals surface area contributed by atoms with E-state index in [2.05, 4.69) is 42.2 Å². The van der Waals surface area contributed by atoms with Crippen LogP contribution in [0.5, 0.6) is 5.75 Å². The van der Waals surface area contributed by atoms with Gasteiger partial charge in [-0.25, -0.2) is 0 Å². The second-order valence-corrected chi connectivity index (χ2v) is 6.09. The van der Waals surface area contributed by atoms with E-state index < -0.39 is 11.8 Å². The zero-order valence-corrected chi connectivity index (χ0v) is 15.0. The minimum Gasteiger partial charge on any atom is -0.488 e. The van der Waals surface area contributed by atoms with Crippen LogP contribution in [-0.2, 0) is 6.61 Å². The third-order valence-corrected chi connectivity index (χ3v) is 3.85. The zero-order chi connectivity index (χ0) is 18.4. The van der Waals surface area contributed by atoms with Gasteiger partial charge in [0, 0.05) is 4.47 Å². The summed E-state index contributed by atoms with van der Waals surface area (Å²) in [6.45, 7) is 0.301. The fraction of sp³-hybridized carbons (Fsp3) is 0.0588. The number of amides is 2. The van der Waals surface area contributed by atoms with Gasteiger partial charge in [0.05, 0.1) is 11.8 Å². The van der Waals surface area contributed by atoms with E-state index >= 15 is 0 Å². The van der Waals surface area contributed by atoms with Crippen LogP contribution in [0.3, 0.4) is 0 Å². The lowest BCUT2D eigenvalue weighted by Gasteiger charge is -2.12. The Morgan fingerprint density at radius 1 is 1.08 bits per heavy atom. The molecule has 3 N–H and O–H groups in total. The maximum Gasteiger partial charge on any atom is 0.291 e. The van der Waals surface area contributed by atoms with Crippen LogP contribution < -0.4 is 15.6 Å². The van der Waals surface area contributed by atoms with Crippen LogP contribution >= 0.6 is 15.9 Å². The number of para-hydroxylation sites is 1. The van der Waals surface area contributed by atoms with Gasteiger partial charge in [-0.15, -0.1) is 0 Å². The third kappa shape index (κ3) is 4.45. The first-order chi connectivity index (χ1) is 12.6. The number of hydrogen-bond acceptors (Lipinski definition) is 5. The molecule has 2 aromatic carbocycles. The minimum absolute atomic E-state index is 0.0597. The van der Waals surface area contributed by atoms with Gasteiger partial charge in [-0.2, -0.15) is 15.4 Å². The van der Waals surface area contributed by atoms with Crippen LogP contribution in [-0.4, -0.2) is 27.2 Å². The molecule has 0 fully saturated rings. The van der Waals surface area contributed by atoms with E-state index in [4.69, 9.17) is 4.74 Å². The van der Waals surface area contributed by atoms with Gasteiger partial charge in [-0.05, 0) is 29.8 Å². The molecule has 0 unspecified atom stereocenters. The van der Waals surface area contributed by atoms with Crippen LogP contribution in [0.1, 0.15) is 26.4 Å². The summed E-state index contributed by atoms with van der Waals surface area (Å²) in [6, 6.07) is 14.4. The Bertz CT molecular complexity index is 914. The summed E-state index contributed by atoms with van der Waals surface area (Å²) in [6.07, 6.45) is 1.25. The van der Waals surface area contributed by atoms with Crippen molar-refractivity contribution in [3.63, 3.8) is 0 Å². The molecule has 0 aliphatic carbocycles. The lowest BCUT2D eigenvalue weighted by atomic mass is 10.2. The Kier molecular flexibility index (Phi) is 5.59. The summed E-state index contributed by atoms with van der Waals surface area (Å²) >= 11 is 3.40. The molecule has 3 aromatic rings. The molecule has 0 radical (unpaired) electrons. The maximum absolute atomic E-state index is 12.3. The van der Waals surface area contributed by atoms with Gasteiger partial charge in [-0.3, -0.25) is 20.4 Å². The first kappa shape index (κ1) is 17.6. The standard InChI is InChI=1S/C17H14BrN5O3/c18-12-5-3-4-11(8-12)10-26-15-7-2-1-6-13(15)16(24)21-22-17(25)14-9-19-23-20-14/h1-9H,10H2,(H,21,24)(H,22,25)(H,19,20,23). The number of rotatable bonds is 5. The highest BCUT2D eigenvalue weighted by Gasteiger charge is 2.14. The average Bonchev–Trinajstić information content (AvgIpc) is 3.19. The van der Waals surface area contributed by atoms with E-state index in [1.807, 2.05) is 24.3 Å². The molecular formula is C17H14BrN5O3. The Morgan fingerprint density at radius 2 is 1.88 bits per heavy atom. The number of nitrogens with zero attached hydrogens (tertiary/aromatic N) is 2. The summed E-state index contributed by atoms with van der Waals surface area (Å²) in [5.41, 5.74) is 5.90. The monoisotopic (exact) mass is 415 g/mol. The molecule has 0 saturated carbocycles. The third-order valence-electron chi connectivity index (χ3n) is 3.35. The number of aromatic nitrogens is 3. The second-order valence-electron chi connectivity index (χ2n) is 5.18. The first-order valence-corrected chi connectivity index (χ1v) is 8.35. The predicted octanol–water partition coefficient (Wildman–Crippen LogP) is 2.22. The van der Waals surface area contributed by atoms with E-state index in [1.165, 1.54) is 6.20 Å². The topological polar surface area (TPSA) is 109 Å². The summed E-state index contributed by atoms with van der Waals surface area (Å²) in [5.74, 6) is -0.688. The Morgan fingerprint density at radius 3 is 2.65 bits per heavy atom. The van der Waals surface area contributed by atoms with Gasteiger partial charge < -0.3 is 4.74 Å². The summed E-state index contributed by atoms with van der Waals surface area (Å²) in [7, 11) is 0. The van der Waals surface area contributed by atoms with Crippen LogP contribution in [0.2, 0.25) is 0 Å². The molecule has 1 heterocycles. The molecule has 26 heavy (non-hydrogen) atoms. The van der Waals surface area contributed by atoms with Crippen molar-refractivity contribution in [2.24, 2.45) is 0 Å². The number of H-pyrrole nitrogens is 1. The minimum atomic E-state index is -0.584. The average molecular weight is 416 g/mol. The largest absolute Gasteiger partial charge is 0.488 e. The fourth-order valence-corrected chi connectivity index (χ4v) is 2.57. The van der Waals surface area contributed by atoms with Gasteiger partial charge >= 0.3 is 0 Å². The molecule has 0 aliphatic rings. The smallest absolute Gasteiger partial charge is 0.291 e. The lowest BCUT2D eigenvalue weighted by molar-refractivity contribution is 0.0841. The number of carbonyl (C=O) groups is 2. The number of carbonyl (C=O) groups excluding carboxylic acids is 2. The maximum atomic E-state index is 12.3. The molecule has 0 spiro atoms. The van der Waals surface area contributed by atoms with Crippen molar-refractivity contribution in [1.82, 2.24) is 26.3 Å². The highest BCUT2D eigenvalue weighted by Crippen LogP contribution is 2.20. The van der Waals surface area contributed by atoms with Gasteiger partial charge in [0.2, 0.25) is 0 Å². The van der Waals surface area contributed by atoms with Gasteiger partial charge in [0.25, 0.3) is 11.8 Å². The Balaban J connectivity index is 1.64. The molecule has 1 aromatic heterocycles. The molecule has 0 atom stereocenters. The normalized spacial score (nSPS) is 10.2. The van der Waals surface area contributed by atoms with Crippen molar-refractivity contribution in [3.8, 4) is 5.75 Å². The van der Waals surface area contributed by atoms with Gasteiger partial charge in [0.1, 0.15) is 12.4 Å². The van der Waals surface area contributed by atoms with Crippen molar-refractivity contribution in [1.29, 1.82) is 0 Å². The van der Waals surface area contributed by atoms with Gasteiger partial charge in [0.15, 0.2) is 5.69 Å². The van der Waals surface area contributed by atoms with E-state index in [0.717, 1.165) is 10.0 Å². The van der Waals surface area contributed by atoms with Crippen molar-refractivity contribution in [2.75, 3.05) is 0 Å². The molecule has 132 valence electrons. The zero-order valence-electron chi connectivity index (χ0n) is 13.4. The molecule has 3 rings (SSSR count). The number of aromatic amines is 1. The molecule has 9 heteroatoms. The second kappa shape index (κ2) is 8.26. The van der Waals surface area contributed by atoms with E-state index in [1.54, 1.807) is 24.3 Å². The molecule has 2 amide bonds. The summed E-state index contributed by atoms with van der Waals surface area (Å²) in [4.78, 5) is 24.1. The van der Waals surface area contributed by atoms with Gasteiger partial charge in [-0.1, -0.05) is 40.2 Å². The van der Waals surface area contributed by atoms with E-state index in [9.17, 15) is 9.59 Å². The van der Waals surface area contributed by atoms with Crippen LogP contribution in [0.4, 0.5) is 0 Å².